The number of carbonyl (C=O) groups is 1. The Hall–Kier alpha value is -1.74. The molecule has 0 atom stereocenters. The first-order chi connectivity index (χ1) is 9.75. The van der Waals surface area contributed by atoms with Crippen LogP contribution in [0.4, 0.5) is 0 Å². The average Bonchev–Trinajstić information content (AvgIpc) is 2.96. The summed E-state index contributed by atoms with van der Waals surface area (Å²) < 4.78 is 5.85. The number of Topliss-reactive ketones (excluding diaryl/α,β-unsaturated/α-hetero) is 1. The summed E-state index contributed by atoms with van der Waals surface area (Å²) in [7, 11) is 0. The average molecular weight is 269 g/mol. The van der Waals surface area contributed by atoms with Crippen LogP contribution < -0.4 is 0 Å². The third-order valence-electron chi connectivity index (χ3n) is 4.11. The molecule has 0 unspecified atom stereocenters. The lowest BCUT2D eigenvalue weighted by molar-refractivity contribution is -0.0163. The molecular formula is C17H19NO2. The van der Waals surface area contributed by atoms with Crippen molar-refractivity contribution in [3.63, 3.8) is 0 Å². The van der Waals surface area contributed by atoms with E-state index in [1.165, 1.54) is 0 Å². The first-order valence-corrected chi connectivity index (χ1v) is 7.29. The zero-order valence-corrected chi connectivity index (χ0v) is 11.8. The van der Waals surface area contributed by atoms with Gasteiger partial charge in [0.2, 0.25) is 0 Å². The summed E-state index contributed by atoms with van der Waals surface area (Å²) in [6, 6.07) is 9.65. The lowest BCUT2D eigenvalue weighted by Gasteiger charge is -2.27. The van der Waals surface area contributed by atoms with Crippen molar-refractivity contribution >= 4 is 16.7 Å². The van der Waals surface area contributed by atoms with Crippen molar-refractivity contribution < 1.29 is 9.53 Å². The molecule has 104 valence electrons. The lowest BCUT2D eigenvalue weighted by Crippen LogP contribution is -2.38. The third kappa shape index (κ3) is 2.22. The van der Waals surface area contributed by atoms with E-state index in [4.69, 9.17) is 4.74 Å². The smallest absolute Gasteiger partial charge is 0.194 e. The van der Waals surface area contributed by atoms with Gasteiger partial charge in [0.05, 0.1) is 5.52 Å². The van der Waals surface area contributed by atoms with Crippen LogP contribution in [0.3, 0.4) is 0 Å². The highest BCUT2D eigenvalue weighted by atomic mass is 16.5. The van der Waals surface area contributed by atoms with Crippen LogP contribution in [0.15, 0.2) is 36.5 Å². The molecule has 20 heavy (non-hydrogen) atoms. The second-order valence-corrected chi connectivity index (χ2v) is 5.37. The van der Waals surface area contributed by atoms with Crippen molar-refractivity contribution in [3.05, 3.63) is 42.1 Å². The fraction of sp³-hybridized carbons (Fsp3) is 0.412. The Morgan fingerprint density at radius 2 is 2.10 bits per heavy atom. The number of pyridine rings is 1. The Bertz CT molecular complexity index is 630. The molecule has 3 rings (SSSR count). The fourth-order valence-corrected chi connectivity index (χ4v) is 3.13. The van der Waals surface area contributed by atoms with Crippen LogP contribution in [0.1, 0.15) is 43.0 Å². The Kier molecular flexibility index (Phi) is 3.53. The van der Waals surface area contributed by atoms with Gasteiger partial charge in [-0.05, 0) is 44.7 Å². The molecule has 0 amide bonds. The monoisotopic (exact) mass is 269 g/mol. The van der Waals surface area contributed by atoms with Gasteiger partial charge in [0.15, 0.2) is 5.78 Å². The fourth-order valence-electron chi connectivity index (χ4n) is 3.13. The summed E-state index contributed by atoms with van der Waals surface area (Å²) in [6.45, 7) is 2.53. The maximum Gasteiger partial charge on any atom is 0.194 e. The largest absolute Gasteiger partial charge is 0.367 e. The van der Waals surface area contributed by atoms with Crippen LogP contribution >= 0.6 is 0 Å². The summed E-state index contributed by atoms with van der Waals surface area (Å²) in [5.41, 5.74) is 0.978. The molecule has 3 nitrogen and oxygen atoms in total. The maximum absolute atomic E-state index is 12.8. The van der Waals surface area contributed by atoms with E-state index in [-0.39, 0.29) is 5.78 Å². The molecule has 1 aromatic heterocycles. The maximum atomic E-state index is 12.8. The summed E-state index contributed by atoms with van der Waals surface area (Å²) in [5.74, 6) is 0.115. The number of fused-ring (bicyclic) bond motifs is 1. The van der Waals surface area contributed by atoms with Crippen LogP contribution in [0.25, 0.3) is 10.9 Å². The molecule has 1 aromatic carbocycles. The van der Waals surface area contributed by atoms with Crippen LogP contribution in [0.5, 0.6) is 0 Å². The third-order valence-corrected chi connectivity index (χ3v) is 4.11. The Morgan fingerprint density at radius 3 is 2.85 bits per heavy atom. The number of nitrogens with zero attached hydrogens (tertiary/aromatic N) is 1. The lowest BCUT2D eigenvalue weighted by atomic mass is 9.90. The molecule has 0 aliphatic heterocycles. The summed E-state index contributed by atoms with van der Waals surface area (Å²) in [4.78, 5) is 17.2. The molecule has 3 heteroatoms. The highest BCUT2D eigenvalue weighted by Gasteiger charge is 2.42. The summed E-state index contributed by atoms with van der Waals surface area (Å²) in [5, 5.41) is 1.06. The van der Waals surface area contributed by atoms with Gasteiger partial charge in [0.1, 0.15) is 5.60 Å². The number of aromatic nitrogens is 1. The number of carbonyl (C=O) groups excluding carboxylic acids is 1. The van der Waals surface area contributed by atoms with E-state index in [1.807, 2.05) is 37.3 Å². The second kappa shape index (κ2) is 5.33. The van der Waals surface area contributed by atoms with E-state index in [9.17, 15) is 4.79 Å². The van der Waals surface area contributed by atoms with Gasteiger partial charge >= 0.3 is 0 Å². The van der Waals surface area contributed by atoms with Crippen LogP contribution in [0, 0.1) is 0 Å². The number of ether oxygens (including phenoxy) is 1. The van der Waals surface area contributed by atoms with Crippen molar-refractivity contribution in [1.82, 2.24) is 4.98 Å². The Labute approximate surface area is 119 Å². The first-order valence-electron chi connectivity index (χ1n) is 7.29. The van der Waals surface area contributed by atoms with Gasteiger partial charge < -0.3 is 4.74 Å². The van der Waals surface area contributed by atoms with E-state index >= 15 is 0 Å². The molecule has 0 bridgehead atoms. The molecule has 0 saturated heterocycles. The molecule has 1 fully saturated rings. The highest BCUT2D eigenvalue weighted by Crippen LogP contribution is 2.36. The summed E-state index contributed by atoms with van der Waals surface area (Å²) >= 11 is 0. The van der Waals surface area contributed by atoms with Gasteiger partial charge in [-0.25, -0.2) is 0 Å². The van der Waals surface area contributed by atoms with Gasteiger partial charge in [-0.1, -0.05) is 18.2 Å². The van der Waals surface area contributed by atoms with E-state index in [0.29, 0.717) is 12.2 Å². The standard InChI is InChI=1S/C17H19NO2/c1-2-20-17(9-3-4-10-17)16(19)14-8-7-13-6-5-11-18-15(13)12-14/h5-8,11-12H,2-4,9-10H2,1H3. The quantitative estimate of drug-likeness (QED) is 0.793. The van der Waals surface area contributed by atoms with E-state index in [0.717, 1.165) is 36.6 Å². The molecule has 1 heterocycles. The van der Waals surface area contributed by atoms with Crippen LogP contribution in [-0.4, -0.2) is 23.0 Å². The molecule has 0 N–H and O–H groups in total. The number of ketones is 1. The minimum Gasteiger partial charge on any atom is -0.367 e. The molecule has 2 aromatic rings. The number of benzene rings is 1. The zero-order valence-electron chi connectivity index (χ0n) is 11.8. The first kappa shape index (κ1) is 13.3. The summed E-state index contributed by atoms with van der Waals surface area (Å²) in [6.07, 6.45) is 5.56. The van der Waals surface area contributed by atoms with E-state index < -0.39 is 5.60 Å². The van der Waals surface area contributed by atoms with Gasteiger partial charge in [-0.3, -0.25) is 9.78 Å². The molecule has 0 spiro atoms. The molecule has 1 aliphatic carbocycles. The van der Waals surface area contributed by atoms with Crippen molar-refractivity contribution in [3.8, 4) is 0 Å². The molecule has 1 saturated carbocycles. The number of hydrogen-bond donors (Lipinski definition) is 0. The van der Waals surface area contributed by atoms with Crippen molar-refractivity contribution in [2.45, 2.75) is 38.2 Å². The second-order valence-electron chi connectivity index (χ2n) is 5.37. The molecule has 0 radical (unpaired) electrons. The zero-order chi connectivity index (χ0) is 14.0. The number of rotatable bonds is 4. The van der Waals surface area contributed by atoms with Gasteiger partial charge in [0, 0.05) is 23.8 Å². The topological polar surface area (TPSA) is 39.2 Å². The normalized spacial score (nSPS) is 17.4. The highest BCUT2D eigenvalue weighted by molar-refractivity contribution is 6.04. The SMILES string of the molecule is CCOC1(C(=O)c2ccc3cccnc3c2)CCCC1. The minimum atomic E-state index is -0.600. The van der Waals surface area contributed by atoms with Crippen molar-refractivity contribution in [2.75, 3.05) is 6.61 Å². The van der Waals surface area contributed by atoms with Crippen LogP contribution in [0.2, 0.25) is 0 Å². The van der Waals surface area contributed by atoms with Gasteiger partial charge in [0.25, 0.3) is 0 Å². The Balaban J connectivity index is 1.98. The van der Waals surface area contributed by atoms with Gasteiger partial charge in [-0.15, -0.1) is 0 Å². The predicted octanol–water partition coefficient (Wildman–Crippen LogP) is 3.77. The number of hydrogen-bond acceptors (Lipinski definition) is 3. The Morgan fingerprint density at radius 1 is 1.30 bits per heavy atom. The molecular weight excluding hydrogens is 250 g/mol. The molecule has 1 aliphatic rings. The van der Waals surface area contributed by atoms with Crippen molar-refractivity contribution in [2.24, 2.45) is 0 Å². The van der Waals surface area contributed by atoms with E-state index in [2.05, 4.69) is 4.98 Å². The minimum absolute atomic E-state index is 0.115. The van der Waals surface area contributed by atoms with E-state index in [1.54, 1.807) is 6.20 Å². The van der Waals surface area contributed by atoms with Crippen molar-refractivity contribution in [1.29, 1.82) is 0 Å². The predicted molar refractivity (Wildman–Crippen MR) is 78.9 cm³/mol. The van der Waals surface area contributed by atoms with Gasteiger partial charge in [-0.2, -0.15) is 0 Å². The van der Waals surface area contributed by atoms with Crippen LogP contribution in [-0.2, 0) is 4.74 Å².